The van der Waals surface area contributed by atoms with Gasteiger partial charge in [-0.25, -0.2) is 4.39 Å². The van der Waals surface area contributed by atoms with Gasteiger partial charge in [-0.2, -0.15) is 5.26 Å². The van der Waals surface area contributed by atoms with E-state index in [9.17, 15) is 14.0 Å². The molecule has 2 aromatic rings. The van der Waals surface area contributed by atoms with Crippen molar-refractivity contribution in [1.29, 1.82) is 5.26 Å². The largest absolute Gasteiger partial charge is 0.368 e. The highest BCUT2D eigenvalue weighted by atomic mass is 35.5. The summed E-state index contributed by atoms with van der Waals surface area (Å²) in [6.07, 6.45) is 1.41. The average molecular weight is 499 g/mol. The number of nitrogens with zero attached hydrogens (tertiary/aromatic N) is 3. The van der Waals surface area contributed by atoms with E-state index in [1.54, 1.807) is 12.1 Å². The summed E-state index contributed by atoms with van der Waals surface area (Å²) in [5.41, 5.74) is 2.39. The predicted molar refractivity (Wildman–Crippen MR) is 131 cm³/mol. The van der Waals surface area contributed by atoms with Gasteiger partial charge in [0, 0.05) is 55.1 Å². The molecule has 0 radical (unpaired) electrons. The van der Waals surface area contributed by atoms with Gasteiger partial charge in [-0.1, -0.05) is 11.6 Å². The monoisotopic (exact) mass is 498 g/mol. The molecule has 0 saturated carbocycles. The number of nitrogens with one attached hydrogen (secondary N) is 1. The summed E-state index contributed by atoms with van der Waals surface area (Å²) in [6.45, 7) is 7.31. The van der Waals surface area contributed by atoms with Crippen LogP contribution in [-0.4, -0.2) is 60.0 Å². The zero-order valence-corrected chi connectivity index (χ0v) is 20.6. The molecule has 2 aromatic carbocycles. The second-order valence-corrected chi connectivity index (χ2v) is 9.55. The Morgan fingerprint density at radius 1 is 1.29 bits per heavy atom. The highest BCUT2D eigenvalue weighted by Crippen LogP contribution is 2.28. The Hall–Kier alpha value is -2.99. The zero-order valence-electron chi connectivity index (χ0n) is 19.8. The highest BCUT2D eigenvalue weighted by molar-refractivity contribution is 6.31. The number of ether oxygens (including phenoxy) is 1. The Kier molecular flexibility index (Phi) is 7.70. The van der Waals surface area contributed by atoms with Crippen molar-refractivity contribution >= 4 is 29.1 Å². The van der Waals surface area contributed by atoms with Gasteiger partial charge in [-0.05, 0) is 68.1 Å². The van der Waals surface area contributed by atoms with Crippen LogP contribution in [0.15, 0.2) is 30.3 Å². The molecular weight excluding hydrogens is 471 g/mol. The molecule has 2 amide bonds. The van der Waals surface area contributed by atoms with Gasteiger partial charge in [0.25, 0.3) is 11.8 Å². The minimum atomic E-state index is -0.669. The molecule has 0 spiro atoms. The van der Waals surface area contributed by atoms with Crippen molar-refractivity contribution in [2.24, 2.45) is 0 Å². The molecular formula is C26H28ClFN4O3. The minimum Gasteiger partial charge on any atom is -0.368 e. The second kappa shape index (κ2) is 10.7. The molecule has 0 aromatic heterocycles. The lowest BCUT2D eigenvalue weighted by molar-refractivity contribution is -0.145. The van der Waals surface area contributed by atoms with E-state index < -0.39 is 11.7 Å². The van der Waals surface area contributed by atoms with Gasteiger partial charge in [-0.3, -0.25) is 14.5 Å². The molecule has 184 valence electrons. The standard InChI is InChI=1S/C26H28ClFN4O3/c1-16-14-31(7-8-32(16)26(34)24-4-3-9-35-24)15-20-11-21(27)12-23(17(20)2)30-25(33)18-5-6-22(28)19(10-18)13-29/h5-6,10-12,16,24H,3-4,7-9,14-15H2,1-2H3,(H,30,33)/t16-,24-/m0/s1. The van der Waals surface area contributed by atoms with E-state index >= 15 is 0 Å². The van der Waals surface area contributed by atoms with Crippen LogP contribution in [0.3, 0.4) is 0 Å². The first-order chi connectivity index (χ1) is 16.8. The summed E-state index contributed by atoms with van der Waals surface area (Å²) < 4.78 is 19.2. The first-order valence-electron chi connectivity index (χ1n) is 11.7. The van der Waals surface area contributed by atoms with Gasteiger partial charge >= 0.3 is 0 Å². The van der Waals surface area contributed by atoms with E-state index in [0.717, 1.165) is 43.1 Å². The van der Waals surface area contributed by atoms with E-state index in [0.29, 0.717) is 30.4 Å². The fraction of sp³-hybridized carbons (Fsp3) is 0.423. The Balaban J connectivity index is 1.44. The van der Waals surface area contributed by atoms with Gasteiger partial charge < -0.3 is 15.0 Å². The first-order valence-corrected chi connectivity index (χ1v) is 12.1. The number of halogens is 2. The molecule has 9 heteroatoms. The van der Waals surface area contributed by atoms with Crippen LogP contribution in [0.5, 0.6) is 0 Å². The summed E-state index contributed by atoms with van der Waals surface area (Å²) in [5.74, 6) is -1.04. The lowest BCUT2D eigenvalue weighted by Crippen LogP contribution is -2.55. The fourth-order valence-corrected chi connectivity index (χ4v) is 4.92. The summed E-state index contributed by atoms with van der Waals surface area (Å²) in [4.78, 5) is 29.7. The molecule has 1 N–H and O–H groups in total. The number of rotatable bonds is 5. The number of benzene rings is 2. The van der Waals surface area contributed by atoms with Crippen LogP contribution in [0, 0.1) is 24.1 Å². The van der Waals surface area contributed by atoms with Crippen molar-refractivity contribution in [3.05, 3.63) is 63.4 Å². The molecule has 2 saturated heterocycles. The van der Waals surface area contributed by atoms with E-state index in [2.05, 4.69) is 10.2 Å². The molecule has 0 unspecified atom stereocenters. The molecule has 0 bridgehead atoms. The van der Waals surface area contributed by atoms with E-state index in [-0.39, 0.29) is 29.2 Å². The maximum Gasteiger partial charge on any atom is 0.255 e. The Morgan fingerprint density at radius 2 is 2.09 bits per heavy atom. The third-order valence-electron chi connectivity index (χ3n) is 6.67. The second-order valence-electron chi connectivity index (χ2n) is 9.12. The molecule has 4 rings (SSSR count). The van der Waals surface area contributed by atoms with Crippen molar-refractivity contribution < 1.29 is 18.7 Å². The van der Waals surface area contributed by atoms with Gasteiger partial charge in [0.05, 0.1) is 5.56 Å². The van der Waals surface area contributed by atoms with Gasteiger partial charge in [0.2, 0.25) is 0 Å². The Morgan fingerprint density at radius 3 is 2.77 bits per heavy atom. The third-order valence-corrected chi connectivity index (χ3v) is 6.89. The number of hydrogen-bond donors (Lipinski definition) is 1. The molecule has 2 atom stereocenters. The van der Waals surface area contributed by atoms with Gasteiger partial charge in [-0.15, -0.1) is 0 Å². The van der Waals surface area contributed by atoms with E-state index in [4.69, 9.17) is 21.6 Å². The molecule has 7 nitrogen and oxygen atoms in total. The number of carbonyl (C=O) groups excluding carboxylic acids is 2. The molecule has 2 heterocycles. The highest BCUT2D eigenvalue weighted by Gasteiger charge is 2.34. The van der Waals surface area contributed by atoms with Crippen molar-refractivity contribution in [2.45, 2.75) is 45.4 Å². The number of anilines is 1. The number of carbonyl (C=O) groups is 2. The van der Waals surface area contributed by atoms with Crippen molar-refractivity contribution in [2.75, 3.05) is 31.6 Å². The predicted octanol–water partition coefficient (Wildman–Crippen LogP) is 4.12. The van der Waals surface area contributed by atoms with E-state index in [1.807, 2.05) is 24.8 Å². The van der Waals surface area contributed by atoms with Crippen LogP contribution < -0.4 is 5.32 Å². The first kappa shape index (κ1) is 25.1. The van der Waals surface area contributed by atoms with Crippen LogP contribution in [-0.2, 0) is 16.1 Å². The summed E-state index contributed by atoms with van der Waals surface area (Å²) in [7, 11) is 0. The minimum absolute atomic E-state index is 0.0620. The van der Waals surface area contributed by atoms with Gasteiger partial charge in [0.15, 0.2) is 0 Å². The summed E-state index contributed by atoms with van der Waals surface area (Å²) in [5, 5.41) is 12.4. The number of piperazine rings is 1. The third kappa shape index (κ3) is 5.64. The average Bonchev–Trinajstić information content (AvgIpc) is 3.37. The topological polar surface area (TPSA) is 85.7 Å². The molecule has 2 aliphatic heterocycles. The number of hydrogen-bond acceptors (Lipinski definition) is 5. The Labute approximate surface area is 209 Å². The van der Waals surface area contributed by atoms with Crippen LogP contribution in [0.2, 0.25) is 5.02 Å². The molecule has 2 fully saturated rings. The summed E-state index contributed by atoms with van der Waals surface area (Å²) in [6, 6.07) is 9.03. The van der Waals surface area contributed by atoms with E-state index in [1.165, 1.54) is 12.1 Å². The molecule has 0 aliphatic carbocycles. The lowest BCUT2D eigenvalue weighted by Gasteiger charge is -2.41. The van der Waals surface area contributed by atoms with Crippen LogP contribution in [0.1, 0.15) is 46.8 Å². The zero-order chi connectivity index (χ0) is 25.1. The summed E-state index contributed by atoms with van der Waals surface area (Å²) >= 11 is 6.37. The van der Waals surface area contributed by atoms with Crippen molar-refractivity contribution in [1.82, 2.24) is 9.80 Å². The maximum atomic E-state index is 13.6. The maximum absolute atomic E-state index is 13.6. The van der Waals surface area contributed by atoms with Crippen LogP contribution in [0.25, 0.3) is 0 Å². The van der Waals surface area contributed by atoms with Crippen molar-refractivity contribution in [3.8, 4) is 6.07 Å². The normalized spacial score (nSPS) is 20.5. The lowest BCUT2D eigenvalue weighted by atomic mass is 10.0. The SMILES string of the molecule is Cc1c(CN2CCN(C(=O)[C@@H]3CCCO3)[C@@H](C)C2)cc(Cl)cc1NC(=O)c1ccc(F)c(C#N)c1. The number of nitriles is 1. The smallest absolute Gasteiger partial charge is 0.255 e. The van der Waals surface area contributed by atoms with Gasteiger partial charge in [0.1, 0.15) is 18.0 Å². The number of amides is 2. The van der Waals surface area contributed by atoms with Crippen LogP contribution in [0.4, 0.5) is 10.1 Å². The Bertz CT molecular complexity index is 1180. The molecule has 2 aliphatic rings. The quantitative estimate of drug-likeness (QED) is 0.670. The fourth-order valence-electron chi connectivity index (χ4n) is 4.68. The molecule has 35 heavy (non-hydrogen) atoms. The van der Waals surface area contributed by atoms with Crippen molar-refractivity contribution in [3.63, 3.8) is 0 Å². The van der Waals surface area contributed by atoms with Crippen LogP contribution >= 0.6 is 11.6 Å².